The molecule has 2 heterocycles. The van der Waals surface area contributed by atoms with Crippen LogP contribution in [0.1, 0.15) is 17.7 Å². The first-order valence-corrected chi connectivity index (χ1v) is 8.96. The number of anilines is 1. The fourth-order valence-electron chi connectivity index (χ4n) is 3.13. The maximum Gasteiger partial charge on any atom is 0.330 e. The third-order valence-corrected chi connectivity index (χ3v) is 4.52. The molecule has 0 unspecified atom stereocenters. The van der Waals surface area contributed by atoms with Crippen molar-refractivity contribution in [3.8, 4) is 5.75 Å². The zero-order valence-corrected chi connectivity index (χ0v) is 15.9. The SMILES string of the molecule is COC(=O)C=Cc1cnc(N[C@@H]2CCN(Cc3cc(F)ccc3OC)C2)cn1. The van der Waals surface area contributed by atoms with Crippen molar-refractivity contribution in [2.24, 2.45) is 0 Å². The van der Waals surface area contributed by atoms with Gasteiger partial charge in [0.1, 0.15) is 17.4 Å². The average Bonchev–Trinajstić information content (AvgIpc) is 3.14. The summed E-state index contributed by atoms with van der Waals surface area (Å²) in [4.78, 5) is 21.9. The van der Waals surface area contributed by atoms with Crippen LogP contribution < -0.4 is 10.1 Å². The number of ether oxygens (including phenoxy) is 2. The van der Waals surface area contributed by atoms with Gasteiger partial charge in [0.05, 0.1) is 32.3 Å². The van der Waals surface area contributed by atoms with Gasteiger partial charge in [-0.05, 0) is 30.7 Å². The summed E-state index contributed by atoms with van der Waals surface area (Å²) in [5.74, 6) is 0.663. The number of nitrogens with zero attached hydrogens (tertiary/aromatic N) is 3. The van der Waals surface area contributed by atoms with E-state index in [-0.39, 0.29) is 11.9 Å². The van der Waals surface area contributed by atoms with Gasteiger partial charge in [0.25, 0.3) is 0 Å². The molecule has 1 atom stereocenters. The monoisotopic (exact) mass is 386 g/mol. The van der Waals surface area contributed by atoms with Gasteiger partial charge in [0, 0.05) is 37.3 Å². The molecule has 0 spiro atoms. The molecule has 3 rings (SSSR count). The van der Waals surface area contributed by atoms with E-state index in [1.165, 1.54) is 25.3 Å². The van der Waals surface area contributed by atoms with E-state index in [0.29, 0.717) is 23.8 Å². The first-order chi connectivity index (χ1) is 13.6. The fraction of sp³-hybridized carbons (Fsp3) is 0.350. The van der Waals surface area contributed by atoms with Gasteiger partial charge >= 0.3 is 5.97 Å². The molecule has 1 aromatic carbocycles. The predicted molar refractivity (Wildman–Crippen MR) is 103 cm³/mol. The normalized spacial score (nSPS) is 17.0. The van der Waals surface area contributed by atoms with Crippen LogP contribution in [0.3, 0.4) is 0 Å². The van der Waals surface area contributed by atoms with E-state index in [9.17, 15) is 9.18 Å². The first-order valence-electron chi connectivity index (χ1n) is 8.96. The quantitative estimate of drug-likeness (QED) is 0.579. The van der Waals surface area contributed by atoms with Crippen molar-refractivity contribution in [1.29, 1.82) is 0 Å². The molecule has 1 N–H and O–H groups in total. The molecule has 1 aliphatic rings. The second kappa shape index (κ2) is 9.27. The molecule has 1 saturated heterocycles. The highest BCUT2D eigenvalue weighted by Gasteiger charge is 2.23. The summed E-state index contributed by atoms with van der Waals surface area (Å²) in [5.41, 5.74) is 1.41. The van der Waals surface area contributed by atoms with E-state index >= 15 is 0 Å². The molecule has 0 amide bonds. The van der Waals surface area contributed by atoms with Crippen molar-refractivity contribution in [2.75, 3.05) is 32.6 Å². The number of carbonyl (C=O) groups is 1. The lowest BCUT2D eigenvalue weighted by atomic mass is 10.2. The molecule has 0 saturated carbocycles. The van der Waals surface area contributed by atoms with Gasteiger partial charge in [-0.1, -0.05) is 0 Å². The first kappa shape index (κ1) is 19.8. The Balaban J connectivity index is 1.54. The summed E-state index contributed by atoms with van der Waals surface area (Å²) in [5, 5.41) is 3.36. The number of likely N-dealkylation sites (tertiary alicyclic amines) is 1. The van der Waals surface area contributed by atoms with Crippen molar-refractivity contribution < 1.29 is 18.7 Å². The number of halogens is 1. The molecule has 0 radical (unpaired) electrons. The van der Waals surface area contributed by atoms with Crippen LogP contribution in [-0.4, -0.2) is 54.2 Å². The van der Waals surface area contributed by atoms with Gasteiger partial charge in [-0.2, -0.15) is 0 Å². The van der Waals surface area contributed by atoms with Gasteiger partial charge in [-0.25, -0.2) is 14.2 Å². The Hall–Kier alpha value is -3.00. The summed E-state index contributed by atoms with van der Waals surface area (Å²) < 4.78 is 23.4. The largest absolute Gasteiger partial charge is 0.496 e. The van der Waals surface area contributed by atoms with E-state index in [1.807, 2.05) is 0 Å². The smallest absolute Gasteiger partial charge is 0.330 e. The summed E-state index contributed by atoms with van der Waals surface area (Å²) in [6.45, 7) is 2.33. The lowest BCUT2D eigenvalue weighted by Crippen LogP contribution is -2.26. The van der Waals surface area contributed by atoms with E-state index in [2.05, 4.69) is 24.9 Å². The van der Waals surface area contributed by atoms with Crippen molar-refractivity contribution >= 4 is 17.9 Å². The highest BCUT2D eigenvalue weighted by atomic mass is 19.1. The van der Waals surface area contributed by atoms with E-state index in [1.54, 1.807) is 31.6 Å². The number of carbonyl (C=O) groups excluding carboxylic acids is 1. The Bertz CT molecular complexity index is 842. The maximum atomic E-state index is 13.5. The molecule has 0 aliphatic carbocycles. The molecule has 2 aromatic rings. The van der Waals surface area contributed by atoms with Crippen LogP contribution in [-0.2, 0) is 16.1 Å². The minimum Gasteiger partial charge on any atom is -0.496 e. The molecular formula is C20H23FN4O3. The lowest BCUT2D eigenvalue weighted by Gasteiger charge is -2.18. The number of benzene rings is 1. The lowest BCUT2D eigenvalue weighted by molar-refractivity contribution is -0.134. The van der Waals surface area contributed by atoms with Gasteiger partial charge < -0.3 is 14.8 Å². The number of hydrogen-bond donors (Lipinski definition) is 1. The molecular weight excluding hydrogens is 363 g/mol. The maximum absolute atomic E-state index is 13.5. The van der Waals surface area contributed by atoms with Crippen LogP contribution in [0.4, 0.5) is 10.2 Å². The van der Waals surface area contributed by atoms with E-state index in [4.69, 9.17) is 4.74 Å². The summed E-state index contributed by atoms with van der Waals surface area (Å²) in [6.07, 6.45) is 7.02. The van der Waals surface area contributed by atoms with Crippen molar-refractivity contribution in [3.63, 3.8) is 0 Å². The van der Waals surface area contributed by atoms with Crippen LogP contribution >= 0.6 is 0 Å². The Morgan fingerprint density at radius 2 is 2.21 bits per heavy atom. The summed E-state index contributed by atoms with van der Waals surface area (Å²) >= 11 is 0. The van der Waals surface area contributed by atoms with Crippen LogP contribution in [0.15, 0.2) is 36.7 Å². The van der Waals surface area contributed by atoms with E-state index in [0.717, 1.165) is 25.1 Å². The molecule has 1 aliphatic heterocycles. The molecule has 148 valence electrons. The predicted octanol–water partition coefficient (Wildman–Crippen LogP) is 2.50. The second-order valence-corrected chi connectivity index (χ2v) is 6.50. The standard InChI is InChI=1S/C20H23FN4O3/c1-27-18-5-3-15(21)9-14(18)12-25-8-7-17(13-25)24-19-11-22-16(10-23-19)4-6-20(26)28-2/h3-6,9-11,17H,7-8,12-13H2,1-2H3,(H,23,24)/t17-/m1/s1. The van der Waals surface area contributed by atoms with Gasteiger partial charge in [-0.15, -0.1) is 0 Å². The third-order valence-electron chi connectivity index (χ3n) is 4.52. The molecule has 8 heteroatoms. The fourth-order valence-corrected chi connectivity index (χ4v) is 3.13. The van der Waals surface area contributed by atoms with E-state index < -0.39 is 5.97 Å². The van der Waals surface area contributed by atoms with Gasteiger partial charge in [0.2, 0.25) is 0 Å². The second-order valence-electron chi connectivity index (χ2n) is 6.50. The highest BCUT2D eigenvalue weighted by Crippen LogP contribution is 2.23. The topological polar surface area (TPSA) is 76.6 Å². The van der Waals surface area contributed by atoms with Crippen molar-refractivity contribution in [3.05, 3.63) is 53.7 Å². The Labute approximate surface area is 163 Å². The molecule has 1 aromatic heterocycles. The molecule has 1 fully saturated rings. The number of rotatable bonds is 7. The summed E-state index contributed by atoms with van der Waals surface area (Å²) in [7, 11) is 2.91. The molecule has 28 heavy (non-hydrogen) atoms. The van der Waals surface area contributed by atoms with Crippen LogP contribution in [0, 0.1) is 5.82 Å². The number of aromatic nitrogens is 2. The third kappa shape index (κ3) is 5.26. The Kier molecular flexibility index (Phi) is 6.54. The van der Waals surface area contributed by atoms with Crippen LogP contribution in [0.2, 0.25) is 0 Å². The number of esters is 1. The highest BCUT2D eigenvalue weighted by molar-refractivity contribution is 5.86. The zero-order valence-electron chi connectivity index (χ0n) is 15.9. The zero-order chi connectivity index (χ0) is 19.9. The molecule has 0 bridgehead atoms. The summed E-state index contributed by atoms with van der Waals surface area (Å²) in [6, 6.07) is 4.80. The molecule has 7 nitrogen and oxygen atoms in total. The Morgan fingerprint density at radius 3 is 2.93 bits per heavy atom. The Morgan fingerprint density at radius 1 is 1.36 bits per heavy atom. The minimum atomic E-state index is -0.440. The number of nitrogens with one attached hydrogen (secondary N) is 1. The number of methoxy groups -OCH3 is 2. The number of hydrogen-bond acceptors (Lipinski definition) is 7. The average molecular weight is 386 g/mol. The van der Waals surface area contributed by atoms with Crippen LogP contribution in [0.25, 0.3) is 6.08 Å². The van der Waals surface area contributed by atoms with Gasteiger partial charge in [0.15, 0.2) is 0 Å². The van der Waals surface area contributed by atoms with Crippen molar-refractivity contribution in [1.82, 2.24) is 14.9 Å². The minimum absolute atomic E-state index is 0.227. The van der Waals surface area contributed by atoms with Crippen LogP contribution in [0.5, 0.6) is 5.75 Å². The van der Waals surface area contributed by atoms with Gasteiger partial charge in [-0.3, -0.25) is 9.88 Å². The van der Waals surface area contributed by atoms with Crippen molar-refractivity contribution in [2.45, 2.75) is 19.0 Å².